The number of carbonyl (C=O) groups excluding carboxylic acids is 1. The molecule has 0 fully saturated rings. The van der Waals surface area contributed by atoms with E-state index >= 15 is 0 Å². The third kappa shape index (κ3) is 4.67. The number of hydrogen-bond acceptors (Lipinski definition) is 6. The molecule has 0 spiro atoms. The molecule has 1 aromatic carbocycles. The van der Waals surface area contributed by atoms with Crippen LogP contribution in [-0.2, 0) is 4.79 Å². The van der Waals surface area contributed by atoms with Crippen LogP contribution in [0.2, 0.25) is 5.02 Å². The van der Waals surface area contributed by atoms with Gasteiger partial charge in [0.2, 0.25) is 5.91 Å². The van der Waals surface area contributed by atoms with E-state index in [0.717, 1.165) is 9.24 Å². The SMILES string of the molecule is CNCC(C)C(=O)Nc1ccc(Sc2nncs2)c(Cl)c1. The molecule has 0 radical (unpaired) electrons. The highest BCUT2D eigenvalue weighted by atomic mass is 35.5. The quantitative estimate of drug-likeness (QED) is 0.844. The zero-order valence-electron chi connectivity index (χ0n) is 11.6. The number of rotatable bonds is 6. The summed E-state index contributed by atoms with van der Waals surface area (Å²) in [6.07, 6.45) is 0. The molecule has 112 valence electrons. The van der Waals surface area contributed by atoms with Crippen molar-refractivity contribution < 1.29 is 4.79 Å². The first kappa shape index (κ1) is 16.2. The fourth-order valence-electron chi connectivity index (χ4n) is 1.63. The smallest absolute Gasteiger partial charge is 0.228 e. The summed E-state index contributed by atoms with van der Waals surface area (Å²) in [5, 5.41) is 14.2. The summed E-state index contributed by atoms with van der Waals surface area (Å²) in [5.41, 5.74) is 2.36. The van der Waals surface area contributed by atoms with Gasteiger partial charge in [0.25, 0.3) is 0 Å². The normalized spacial score (nSPS) is 12.1. The average Bonchev–Trinajstić information content (AvgIpc) is 2.95. The molecule has 1 unspecified atom stereocenters. The van der Waals surface area contributed by atoms with Crippen LogP contribution < -0.4 is 10.6 Å². The van der Waals surface area contributed by atoms with Crippen molar-refractivity contribution in [2.75, 3.05) is 18.9 Å². The van der Waals surface area contributed by atoms with E-state index in [1.54, 1.807) is 11.6 Å². The van der Waals surface area contributed by atoms with Crippen molar-refractivity contribution in [3.63, 3.8) is 0 Å². The Morgan fingerprint density at radius 1 is 1.52 bits per heavy atom. The van der Waals surface area contributed by atoms with Gasteiger partial charge in [-0.2, -0.15) is 0 Å². The zero-order chi connectivity index (χ0) is 15.2. The van der Waals surface area contributed by atoms with E-state index in [9.17, 15) is 4.79 Å². The predicted octanol–water partition coefficient (Wildman–Crippen LogP) is 3.14. The molecule has 8 heteroatoms. The van der Waals surface area contributed by atoms with E-state index in [1.165, 1.54) is 23.1 Å². The van der Waals surface area contributed by atoms with Crippen LogP contribution in [0.1, 0.15) is 6.92 Å². The topological polar surface area (TPSA) is 66.9 Å². The van der Waals surface area contributed by atoms with Crippen molar-refractivity contribution in [1.29, 1.82) is 0 Å². The third-order valence-electron chi connectivity index (χ3n) is 2.69. The van der Waals surface area contributed by atoms with Crippen molar-refractivity contribution in [3.8, 4) is 0 Å². The summed E-state index contributed by atoms with van der Waals surface area (Å²) in [6, 6.07) is 5.45. The highest BCUT2D eigenvalue weighted by Crippen LogP contribution is 2.35. The molecule has 1 atom stereocenters. The number of nitrogens with zero attached hydrogens (tertiary/aromatic N) is 2. The van der Waals surface area contributed by atoms with E-state index in [1.807, 2.05) is 26.1 Å². The van der Waals surface area contributed by atoms with Crippen LogP contribution in [0.15, 0.2) is 32.9 Å². The standard InChI is InChI=1S/C13H15ClN4OS2/c1-8(6-15-2)12(19)17-9-3-4-11(10(14)5-9)21-13-18-16-7-20-13/h3-5,7-8,15H,6H2,1-2H3,(H,17,19). The first-order chi connectivity index (χ1) is 10.1. The average molecular weight is 343 g/mol. The number of amides is 1. The van der Waals surface area contributed by atoms with Gasteiger partial charge in [-0.1, -0.05) is 41.6 Å². The minimum Gasteiger partial charge on any atom is -0.326 e. The van der Waals surface area contributed by atoms with Crippen molar-refractivity contribution in [3.05, 3.63) is 28.7 Å². The van der Waals surface area contributed by atoms with Crippen LogP contribution in [-0.4, -0.2) is 29.7 Å². The molecule has 0 aliphatic carbocycles. The Morgan fingerprint density at radius 3 is 2.95 bits per heavy atom. The number of hydrogen-bond donors (Lipinski definition) is 2. The fourth-order valence-corrected chi connectivity index (χ4v) is 3.36. The maximum absolute atomic E-state index is 11.9. The zero-order valence-corrected chi connectivity index (χ0v) is 14.0. The minimum absolute atomic E-state index is 0.0371. The van der Waals surface area contributed by atoms with Crippen LogP contribution in [0.5, 0.6) is 0 Å². The second-order valence-corrected chi connectivity index (χ2v) is 6.93. The number of aromatic nitrogens is 2. The summed E-state index contributed by atoms with van der Waals surface area (Å²) in [6.45, 7) is 2.50. The molecule has 1 heterocycles. The molecule has 0 saturated heterocycles. The molecule has 2 aromatic rings. The number of halogens is 1. The van der Waals surface area contributed by atoms with Gasteiger partial charge < -0.3 is 10.6 Å². The number of anilines is 1. The van der Waals surface area contributed by atoms with Crippen molar-refractivity contribution in [1.82, 2.24) is 15.5 Å². The Kier molecular flexibility index (Phi) is 5.98. The number of nitrogens with one attached hydrogen (secondary N) is 2. The Bertz CT molecular complexity index is 606. The summed E-state index contributed by atoms with van der Waals surface area (Å²) >= 11 is 9.15. The van der Waals surface area contributed by atoms with E-state index in [2.05, 4.69) is 20.8 Å². The first-order valence-corrected chi connectivity index (χ1v) is 8.36. The van der Waals surface area contributed by atoms with Gasteiger partial charge >= 0.3 is 0 Å². The fraction of sp³-hybridized carbons (Fsp3) is 0.308. The van der Waals surface area contributed by atoms with Gasteiger partial charge in [-0.25, -0.2) is 0 Å². The van der Waals surface area contributed by atoms with Crippen LogP contribution in [0.4, 0.5) is 5.69 Å². The predicted molar refractivity (Wildman–Crippen MR) is 87.2 cm³/mol. The second-order valence-electron chi connectivity index (χ2n) is 4.40. The molecule has 2 N–H and O–H groups in total. The van der Waals surface area contributed by atoms with Gasteiger partial charge in [0, 0.05) is 23.0 Å². The summed E-state index contributed by atoms with van der Waals surface area (Å²) in [7, 11) is 1.82. The molecule has 2 rings (SSSR count). The van der Waals surface area contributed by atoms with Gasteiger partial charge in [0.1, 0.15) is 5.51 Å². The van der Waals surface area contributed by atoms with Gasteiger partial charge in [-0.05, 0) is 25.2 Å². The van der Waals surface area contributed by atoms with E-state index in [-0.39, 0.29) is 11.8 Å². The van der Waals surface area contributed by atoms with Crippen LogP contribution in [0.25, 0.3) is 0 Å². The summed E-state index contributed by atoms with van der Waals surface area (Å²) in [5.74, 6) is -0.144. The number of carbonyl (C=O) groups is 1. The highest BCUT2D eigenvalue weighted by molar-refractivity contribution is 8.01. The second kappa shape index (κ2) is 7.74. The Balaban J connectivity index is 2.03. The van der Waals surface area contributed by atoms with Crippen molar-refractivity contribution >= 4 is 46.3 Å². The summed E-state index contributed by atoms with van der Waals surface area (Å²) in [4.78, 5) is 12.8. The lowest BCUT2D eigenvalue weighted by atomic mass is 10.1. The molecule has 1 aromatic heterocycles. The lowest BCUT2D eigenvalue weighted by molar-refractivity contribution is -0.119. The lowest BCUT2D eigenvalue weighted by Crippen LogP contribution is -2.28. The molecule has 1 amide bonds. The van der Waals surface area contributed by atoms with E-state index in [0.29, 0.717) is 17.3 Å². The Morgan fingerprint density at radius 2 is 2.33 bits per heavy atom. The van der Waals surface area contributed by atoms with Gasteiger partial charge in [-0.3, -0.25) is 4.79 Å². The van der Waals surface area contributed by atoms with E-state index < -0.39 is 0 Å². The maximum atomic E-state index is 11.9. The van der Waals surface area contributed by atoms with E-state index in [4.69, 9.17) is 11.6 Å². The third-order valence-corrected chi connectivity index (χ3v) is 4.97. The van der Waals surface area contributed by atoms with Gasteiger partial charge in [0.05, 0.1) is 5.02 Å². The largest absolute Gasteiger partial charge is 0.326 e. The Labute approximate surface area is 136 Å². The maximum Gasteiger partial charge on any atom is 0.228 e. The molecule has 5 nitrogen and oxygen atoms in total. The lowest BCUT2D eigenvalue weighted by Gasteiger charge is -2.12. The number of benzene rings is 1. The van der Waals surface area contributed by atoms with Crippen molar-refractivity contribution in [2.24, 2.45) is 5.92 Å². The monoisotopic (exact) mass is 342 g/mol. The first-order valence-electron chi connectivity index (χ1n) is 6.29. The summed E-state index contributed by atoms with van der Waals surface area (Å²) < 4.78 is 0.830. The molecule has 0 bridgehead atoms. The molecule has 21 heavy (non-hydrogen) atoms. The highest BCUT2D eigenvalue weighted by Gasteiger charge is 2.13. The molecule has 0 aliphatic rings. The van der Waals surface area contributed by atoms with Crippen LogP contribution in [0.3, 0.4) is 0 Å². The van der Waals surface area contributed by atoms with Crippen LogP contribution >= 0.6 is 34.7 Å². The molecular weight excluding hydrogens is 328 g/mol. The molecular formula is C13H15ClN4OS2. The van der Waals surface area contributed by atoms with Gasteiger partial charge in [-0.15, -0.1) is 10.2 Å². The molecule has 0 saturated carbocycles. The minimum atomic E-state index is -0.107. The molecule has 0 aliphatic heterocycles. The van der Waals surface area contributed by atoms with Crippen LogP contribution in [0, 0.1) is 5.92 Å². The van der Waals surface area contributed by atoms with Gasteiger partial charge in [0.15, 0.2) is 4.34 Å². The Hall–Kier alpha value is -1.15. The van der Waals surface area contributed by atoms with Crippen molar-refractivity contribution in [2.45, 2.75) is 16.2 Å².